The largest absolute Gasteiger partial charge is 0.309 e. The van der Waals surface area contributed by atoms with Crippen LogP contribution in [-0.2, 0) is 0 Å². The zero-order valence-corrected chi connectivity index (χ0v) is 23.1. The van der Waals surface area contributed by atoms with Gasteiger partial charge >= 0.3 is 0 Å². The van der Waals surface area contributed by atoms with Crippen LogP contribution in [0.1, 0.15) is 0 Å². The second-order valence-electron chi connectivity index (χ2n) is 11.2. The van der Waals surface area contributed by atoms with Crippen LogP contribution < -0.4 is 0 Å². The van der Waals surface area contributed by atoms with Gasteiger partial charge in [-0.3, -0.25) is 8.97 Å². The quantitative estimate of drug-likeness (QED) is 0.211. The molecule has 10 rings (SSSR count). The van der Waals surface area contributed by atoms with Gasteiger partial charge in [0, 0.05) is 32.6 Å². The number of benzene rings is 6. The molecule has 4 aromatic heterocycles. The second kappa shape index (κ2) is 8.34. The molecule has 43 heavy (non-hydrogen) atoms. The van der Waals surface area contributed by atoms with Crippen LogP contribution in [0.2, 0.25) is 0 Å². The average molecular weight is 549 g/mol. The normalized spacial score (nSPS) is 12.2. The highest BCUT2D eigenvalue weighted by Gasteiger charge is 2.24. The van der Waals surface area contributed by atoms with Crippen LogP contribution in [0.25, 0.3) is 82.6 Å². The van der Waals surface area contributed by atoms with E-state index in [1.807, 2.05) is 0 Å². The molecule has 0 aliphatic heterocycles. The highest BCUT2D eigenvalue weighted by molar-refractivity contribution is 6.25. The summed E-state index contributed by atoms with van der Waals surface area (Å²) in [5.41, 5.74) is 10.1. The Labute approximate surface area is 246 Å². The lowest BCUT2D eigenvalue weighted by Crippen LogP contribution is -2.00. The molecule has 0 bridgehead atoms. The molecule has 0 saturated heterocycles. The number of imidazole rings is 1. The van der Waals surface area contributed by atoms with E-state index in [4.69, 9.17) is 4.98 Å². The van der Waals surface area contributed by atoms with Crippen LogP contribution in [0.15, 0.2) is 146 Å². The molecule has 0 unspecified atom stereocenters. The molecular formula is C39H24N4. The van der Waals surface area contributed by atoms with Crippen molar-refractivity contribution in [3.8, 4) is 11.4 Å². The summed E-state index contributed by atoms with van der Waals surface area (Å²) in [7, 11) is 0. The van der Waals surface area contributed by atoms with Crippen molar-refractivity contribution in [2.45, 2.75) is 0 Å². The summed E-state index contributed by atoms with van der Waals surface area (Å²) in [6.45, 7) is 0. The molecule has 200 valence electrons. The van der Waals surface area contributed by atoms with Gasteiger partial charge in [-0.1, -0.05) is 97.1 Å². The first-order valence-corrected chi connectivity index (χ1v) is 14.7. The Kier molecular flexibility index (Phi) is 4.42. The van der Waals surface area contributed by atoms with E-state index in [0.29, 0.717) is 0 Å². The SMILES string of the molecule is c1ccc(-n2c3ccccc3c3c(-n4c5ccccc5c5c6ccccc6c6nc7ccccc7n6c54)cccc32)cc1. The van der Waals surface area contributed by atoms with Crippen molar-refractivity contribution >= 4 is 71.2 Å². The number of fused-ring (bicyclic) bond motifs is 13. The Morgan fingerprint density at radius 3 is 1.77 bits per heavy atom. The number of pyridine rings is 1. The maximum atomic E-state index is 5.20. The van der Waals surface area contributed by atoms with Crippen LogP contribution in [0, 0.1) is 0 Å². The van der Waals surface area contributed by atoms with Crippen molar-refractivity contribution in [3.05, 3.63) is 146 Å². The van der Waals surface area contributed by atoms with Crippen molar-refractivity contribution < 1.29 is 0 Å². The third kappa shape index (κ3) is 2.92. The van der Waals surface area contributed by atoms with Crippen molar-refractivity contribution in [3.63, 3.8) is 0 Å². The van der Waals surface area contributed by atoms with E-state index in [-0.39, 0.29) is 0 Å². The molecule has 0 aliphatic carbocycles. The lowest BCUT2D eigenvalue weighted by molar-refractivity contribution is 1.12. The van der Waals surface area contributed by atoms with E-state index in [1.165, 1.54) is 43.5 Å². The topological polar surface area (TPSA) is 27.2 Å². The maximum absolute atomic E-state index is 5.20. The third-order valence-corrected chi connectivity index (χ3v) is 8.99. The van der Waals surface area contributed by atoms with Crippen molar-refractivity contribution in [1.29, 1.82) is 0 Å². The monoisotopic (exact) mass is 548 g/mol. The molecule has 0 N–H and O–H groups in total. The van der Waals surface area contributed by atoms with Crippen molar-refractivity contribution in [1.82, 2.24) is 18.5 Å². The highest BCUT2D eigenvalue weighted by atomic mass is 15.1. The first kappa shape index (κ1) is 22.8. The van der Waals surface area contributed by atoms with Gasteiger partial charge in [-0.2, -0.15) is 0 Å². The summed E-state index contributed by atoms with van der Waals surface area (Å²) < 4.78 is 7.24. The number of para-hydroxylation sites is 5. The summed E-state index contributed by atoms with van der Waals surface area (Å²) in [5.74, 6) is 0. The van der Waals surface area contributed by atoms with Crippen LogP contribution in [0.5, 0.6) is 0 Å². The molecule has 0 aliphatic rings. The van der Waals surface area contributed by atoms with Gasteiger partial charge in [0.05, 0.1) is 33.3 Å². The highest BCUT2D eigenvalue weighted by Crippen LogP contribution is 2.43. The van der Waals surface area contributed by atoms with Crippen LogP contribution in [-0.4, -0.2) is 18.5 Å². The fourth-order valence-corrected chi connectivity index (χ4v) is 7.31. The first-order valence-electron chi connectivity index (χ1n) is 14.7. The lowest BCUT2D eigenvalue weighted by Gasteiger charge is -2.13. The lowest BCUT2D eigenvalue weighted by atomic mass is 10.1. The molecule has 0 amide bonds. The molecule has 0 saturated carbocycles. The van der Waals surface area contributed by atoms with Gasteiger partial charge in [0.2, 0.25) is 0 Å². The Morgan fingerprint density at radius 2 is 0.977 bits per heavy atom. The van der Waals surface area contributed by atoms with E-state index in [1.54, 1.807) is 0 Å². The Balaban J connectivity index is 1.50. The number of hydrogen-bond donors (Lipinski definition) is 0. The maximum Gasteiger partial charge on any atom is 0.147 e. The third-order valence-electron chi connectivity index (χ3n) is 8.99. The van der Waals surface area contributed by atoms with Crippen molar-refractivity contribution in [2.24, 2.45) is 0 Å². The molecule has 0 radical (unpaired) electrons. The molecule has 4 heterocycles. The van der Waals surface area contributed by atoms with E-state index < -0.39 is 0 Å². The number of hydrogen-bond acceptors (Lipinski definition) is 1. The summed E-state index contributed by atoms with van der Waals surface area (Å²) >= 11 is 0. The van der Waals surface area contributed by atoms with E-state index in [2.05, 4.69) is 159 Å². The zero-order chi connectivity index (χ0) is 28.1. The van der Waals surface area contributed by atoms with Crippen molar-refractivity contribution in [2.75, 3.05) is 0 Å². The number of nitrogens with zero attached hydrogens (tertiary/aromatic N) is 4. The Bertz CT molecular complexity index is 2720. The van der Waals surface area contributed by atoms with Crippen LogP contribution >= 0.6 is 0 Å². The molecule has 4 heteroatoms. The fourth-order valence-electron chi connectivity index (χ4n) is 7.31. The molecular weight excluding hydrogens is 524 g/mol. The summed E-state index contributed by atoms with van der Waals surface area (Å²) in [4.78, 5) is 5.20. The van der Waals surface area contributed by atoms with E-state index in [9.17, 15) is 0 Å². The van der Waals surface area contributed by atoms with Gasteiger partial charge < -0.3 is 4.57 Å². The Morgan fingerprint density at radius 1 is 0.395 bits per heavy atom. The molecule has 4 nitrogen and oxygen atoms in total. The van der Waals surface area contributed by atoms with Gasteiger partial charge in [-0.05, 0) is 53.9 Å². The predicted octanol–water partition coefficient (Wildman–Crippen LogP) is 9.83. The minimum Gasteiger partial charge on any atom is -0.309 e. The predicted molar refractivity (Wildman–Crippen MR) is 179 cm³/mol. The summed E-state index contributed by atoms with van der Waals surface area (Å²) in [6, 6.07) is 52.2. The Hall–Kier alpha value is -5.87. The minimum absolute atomic E-state index is 0.979. The zero-order valence-electron chi connectivity index (χ0n) is 23.1. The first-order chi connectivity index (χ1) is 21.4. The fraction of sp³-hybridized carbons (Fsp3) is 0. The molecule has 6 aromatic carbocycles. The van der Waals surface area contributed by atoms with Gasteiger partial charge in [0.15, 0.2) is 0 Å². The van der Waals surface area contributed by atoms with Gasteiger partial charge in [0.25, 0.3) is 0 Å². The van der Waals surface area contributed by atoms with E-state index >= 15 is 0 Å². The van der Waals surface area contributed by atoms with Gasteiger partial charge in [0.1, 0.15) is 11.3 Å². The number of aromatic nitrogens is 4. The summed E-state index contributed by atoms with van der Waals surface area (Å²) in [6.07, 6.45) is 0. The smallest absolute Gasteiger partial charge is 0.147 e. The number of rotatable bonds is 2. The minimum atomic E-state index is 0.979. The molecule has 10 aromatic rings. The van der Waals surface area contributed by atoms with Crippen LogP contribution in [0.3, 0.4) is 0 Å². The molecule has 0 fully saturated rings. The standard InChI is InChI=1S/C39H24N4/c1-2-13-25(14-3-1)41-31-20-9-7-18-29(31)37-34(41)23-12-24-35(37)42-32-21-10-6-17-28(32)36-26-15-4-5-16-27(26)38-40-30-19-8-11-22-33(30)43(38)39(36)42/h1-24H. The second-order valence-corrected chi connectivity index (χ2v) is 11.2. The van der Waals surface area contributed by atoms with E-state index in [0.717, 1.165) is 39.1 Å². The van der Waals surface area contributed by atoms with Gasteiger partial charge in [-0.15, -0.1) is 0 Å². The summed E-state index contributed by atoms with van der Waals surface area (Å²) in [5, 5.41) is 7.32. The average Bonchev–Trinajstić information content (AvgIpc) is 3.73. The van der Waals surface area contributed by atoms with Gasteiger partial charge in [-0.25, -0.2) is 4.98 Å². The molecule has 0 spiro atoms. The van der Waals surface area contributed by atoms with Crippen LogP contribution in [0.4, 0.5) is 0 Å². The molecule has 0 atom stereocenters.